The Morgan fingerprint density at radius 2 is 1.61 bits per heavy atom. The van der Waals surface area contributed by atoms with Crippen molar-refractivity contribution < 1.29 is 13.2 Å². The Kier molecular flexibility index (Phi) is 7.41. The number of aryl methyl sites for hydroxylation is 1. The summed E-state index contributed by atoms with van der Waals surface area (Å²) in [6.45, 7) is 12.0. The number of benzene rings is 2. The second-order valence-corrected chi connectivity index (χ2v) is 12.1. The third kappa shape index (κ3) is 6.28. The summed E-state index contributed by atoms with van der Waals surface area (Å²) in [5.41, 5.74) is 3.98. The van der Waals surface area contributed by atoms with E-state index in [1.807, 2.05) is 24.4 Å². The third-order valence-electron chi connectivity index (χ3n) is 5.34. The molecule has 1 amide bonds. The van der Waals surface area contributed by atoms with E-state index in [-0.39, 0.29) is 16.2 Å². The molecule has 0 unspecified atom stereocenters. The summed E-state index contributed by atoms with van der Waals surface area (Å²) in [5.74, 6) is -0.695. The van der Waals surface area contributed by atoms with Gasteiger partial charge in [0, 0.05) is 10.9 Å². The maximum atomic E-state index is 12.9. The summed E-state index contributed by atoms with van der Waals surface area (Å²) < 4.78 is 28.1. The van der Waals surface area contributed by atoms with E-state index >= 15 is 0 Å². The van der Waals surface area contributed by atoms with E-state index in [1.165, 1.54) is 29.0 Å². The minimum absolute atomic E-state index is 0.0670. The van der Waals surface area contributed by atoms with E-state index in [4.69, 9.17) is 0 Å². The molecule has 2 aromatic carbocycles. The van der Waals surface area contributed by atoms with Crippen LogP contribution in [0.3, 0.4) is 0 Å². The Labute approximate surface area is 200 Å². The first-order valence-electron chi connectivity index (χ1n) is 10.8. The van der Waals surface area contributed by atoms with Crippen molar-refractivity contribution in [2.75, 3.05) is 5.32 Å². The summed E-state index contributed by atoms with van der Waals surface area (Å²) in [6.07, 6.45) is 0. The molecule has 1 atom stereocenters. The quantitative estimate of drug-likeness (QED) is 0.472. The fourth-order valence-electron chi connectivity index (χ4n) is 3.23. The van der Waals surface area contributed by atoms with Crippen LogP contribution in [0.25, 0.3) is 11.3 Å². The fourth-order valence-corrected chi connectivity index (χ4v) is 5.30. The van der Waals surface area contributed by atoms with Gasteiger partial charge in [-0.05, 0) is 36.0 Å². The zero-order chi connectivity index (χ0) is 24.4. The molecule has 0 fully saturated rings. The van der Waals surface area contributed by atoms with Crippen LogP contribution in [0.4, 0.5) is 5.13 Å². The molecule has 0 radical (unpaired) electrons. The predicted octanol–water partition coefficient (Wildman–Crippen LogP) is 5.36. The number of carbonyl (C=O) groups excluding carboxylic acids is 1. The Morgan fingerprint density at radius 3 is 2.15 bits per heavy atom. The Hall–Kier alpha value is -2.55. The second-order valence-electron chi connectivity index (χ2n) is 9.51. The molecule has 3 rings (SSSR count). The number of hydrogen-bond acceptors (Lipinski definition) is 5. The third-order valence-corrected chi connectivity index (χ3v) is 7.56. The monoisotopic (exact) mass is 485 g/mol. The molecule has 8 heteroatoms. The molecule has 2 N–H and O–H groups in total. The van der Waals surface area contributed by atoms with Gasteiger partial charge in [-0.25, -0.2) is 13.4 Å². The van der Waals surface area contributed by atoms with Gasteiger partial charge in [0.2, 0.25) is 15.9 Å². The maximum absolute atomic E-state index is 12.9. The van der Waals surface area contributed by atoms with Crippen molar-refractivity contribution in [3.8, 4) is 11.3 Å². The molecule has 0 aliphatic heterocycles. The highest BCUT2D eigenvalue weighted by Gasteiger charge is 2.29. The van der Waals surface area contributed by atoms with E-state index in [1.54, 1.807) is 26.0 Å². The molecule has 0 spiro atoms. The van der Waals surface area contributed by atoms with E-state index < -0.39 is 22.0 Å². The molecule has 3 aromatic rings. The highest BCUT2D eigenvalue weighted by Crippen LogP contribution is 2.28. The number of thiazole rings is 1. The van der Waals surface area contributed by atoms with Crippen molar-refractivity contribution in [2.24, 2.45) is 5.92 Å². The van der Waals surface area contributed by atoms with Crippen LogP contribution in [0, 0.1) is 12.8 Å². The first-order valence-corrected chi connectivity index (χ1v) is 13.2. The molecule has 0 saturated carbocycles. The van der Waals surface area contributed by atoms with Crippen LogP contribution < -0.4 is 10.0 Å². The Morgan fingerprint density at radius 1 is 1.00 bits per heavy atom. The molecule has 0 bridgehead atoms. The average molecular weight is 486 g/mol. The minimum atomic E-state index is -3.84. The SMILES string of the molecule is Cc1ccc(S(=O)(=O)N[C@H](C(=O)Nc2nc(-c3ccc(C(C)(C)C)cc3)cs2)C(C)C)cc1. The van der Waals surface area contributed by atoms with Crippen molar-refractivity contribution in [3.63, 3.8) is 0 Å². The second kappa shape index (κ2) is 9.75. The van der Waals surface area contributed by atoms with Gasteiger partial charge in [-0.2, -0.15) is 4.72 Å². The van der Waals surface area contributed by atoms with Crippen LogP contribution in [0.15, 0.2) is 58.8 Å². The zero-order valence-electron chi connectivity index (χ0n) is 19.8. The zero-order valence-corrected chi connectivity index (χ0v) is 21.5. The van der Waals surface area contributed by atoms with Crippen LogP contribution in [-0.2, 0) is 20.2 Å². The highest BCUT2D eigenvalue weighted by atomic mass is 32.2. The standard InChI is InChI=1S/C25H31N3O3S2/c1-16(2)22(28-33(30,31)20-13-7-17(3)8-14-20)23(29)27-24-26-21(15-32-24)18-9-11-19(12-10-18)25(4,5)6/h7-16,22,28H,1-6H3,(H,26,27,29)/t22-/m0/s1. The molecule has 1 heterocycles. The number of hydrogen-bond donors (Lipinski definition) is 2. The van der Waals surface area contributed by atoms with Crippen molar-refractivity contribution in [3.05, 3.63) is 65.0 Å². The van der Waals surface area contributed by atoms with Gasteiger partial charge in [0.05, 0.1) is 10.6 Å². The van der Waals surface area contributed by atoms with Crippen molar-refractivity contribution in [2.45, 2.75) is 57.9 Å². The Bertz CT molecular complexity index is 1210. The van der Waals surface area contributed by atoms with Crippen LogP contribution in [-0.4, -0.2) is 25.4 Å². The van der Waals surface area contributed by atoms with E-state index in [0.29, 0.717) is 5.13 Å². The average Bonchev–Trinajstić information content (AvgIpc) is 3.20. The lowest BCUT2D eigenvalue weighted by molar-refractivity contribution is -0.118. The minimum Gasteiger partial charge on any atom is -0.301 e. The van der Waals surface area contributed by atoms with Gasteiger partial charge in [-0.1, -0.05) is 76.6 Å². The molecular weight excluding hydrogens is 454 g/mol. The van der Waals surface area contributed by atoms with E-state index in [9.17, 15) is 13.2 Å². The smallest absolute Gasteiger partial charge is 0.244 e. The molecule has 0 saturated heterocycles. The lowest BCUT2D eigenvalue weighted by atomic mass is 9.86. The summed E-state index contributed by atoms with van der Waals surface area (Å²) in [5, 5.41) is 5.08. The topological polar surface area (TPSA) is 88.2 Å². The van der Waals surface area contributed by atoms with Gasteiger partial charge in [-0.3, -0.25) is 4.79 Å². The normalized spacial score (nSPS) is 13.2. The largest absolute Gasteiger partial charge is 0.301 e. The summed E-state index contributed by atoms with van der Waals surface area (Å²) in [7, 11) is -3.84. The molecule has 1 aromatic heterocycles. The number of amides is 1. The maximum Gasteiger partial charge on any atom is 0.244 e. The van der Waals surface area contributed by atoms with Gasteiger partial charge in [-0.15, -0.1) is 11.3 Å². The predicted molar refractivity (Wildman–Crippen MR) is 135 cm³/mol. The first-order chi connectivity index (χ1) is 15.4. The summed E-state index contributed by atoms with van der Waals surface area (Å²) >= 11 is 1.31. The molecule has 33 heavy (non-hydrogen) atoms. The van der Waals surface area contributed by atoms with Crippen LogP contribution >= 0.6 is 11.3 Å². The van der Waals surface area contributed by atoms with E-state index in [0.717, 1.165) is 16.8 Å². The fraction of sp³-hybridized carbons (Fsp3) is 0.360. The molecule has 6 nitrogen and oxygen atoms in total. The van der Waals surface area contributed by atoms with E-state index in [2.05, 4.69) is 47.9 Å². The summed E-state index contributed by atoms with van der Waals surface area (Å²) in [6, 6.07) is 13.8. The molecule has 0 aliphatic rings. The van der Waals surface area contributed by atoms with Gasteiger partial charge in [0.15, 0.2) is 5.13 Å². The number of nitrogens with one attached hydrogen (secondary N) is 2. The van der Waals surface area contributed by atoms with Gasteiger partial charge in [0.25, 0.3) is 0 Å². The number of anilines is 1. The lowest BCUT2D eigenvalue weighted by Gasteiger charge is -2.21. The number of sulfonamides is 1. The van der Waals surface area contributed by atoms with Gasteiger partial charge in [0.1, 0.15) is 6.04 Å². The lowest BCUT2D eigenvalue weighted by Crippen LogP contribution is -2.47. The Balaban J connectivity index is 1.74. The number of rotatable bonds is 7. The van der Waals surface area contributed by atoms with Crippen molar-refractivity contribution >= 4 is 32.4 Å². The molecular formula is C25H31N3O3S2. The molecule has 176 valence electrons. The number of aromatic nitrogens is 1. The van der Waals surface area contributed by atoms with Gasteiger partial charge >= 0.3 is 0 Å². The molecule has 0 aliphatic carbocycles. The summed E-state index contributed by atoms with van der Waals surface area (Å²) in [4.78, 5) is 17.6. The van der Waals surface area contributed by atoms with Crippen LogP contribution in [0.1, 0.15) is 45.7 Å². The highest BCUT2D eigenvalue weighted by molar-refractivity contribution is 7.89. The van der Waals surface area contributed by atoms with Gasteiger partial charge < -0.3 is 5.32 Å². The van der Waals surface area contributed by atoms with Crippen LogP contribution in [0.2, 0.25) is 0 Å². The van der Waals surface area contributed by atoms with Crippen LogP contribution in [0.5, 0.6) is 0 Å². The number of carbonyl (C=O) groups is 1. The number of nitrogens with zero attached hydrogens (tertiary/aromatic N) is 1. The van der Waals surface area contributed by atoms with Crippen molar-refractivity contribution in [1.29, 1.82) is 0 Å². The first kappa shape index (κ1) is 25.1. The van der Waals surface area contributed by atoms with Crippen molar-refractivity contribution in [1.82, 2.24) is 9.71 Å².